The predicted octanol–water partition coefficient (Wildman–Crippen LogP) is 3.91. The van der Waals surface area contributed by atoms with Crippen LogP contribution in [0.1, 0.15) is 43.1 Å². The van der Waals surface area contributed by atoms with E-state index in [4.69, 9.17) is 0 Å². The number of aromatic nitrogens is 2. The largest absolute Gasteiger partial charge is 0.351 e. The average molecular weight is 492 g/mol. The van der Waals surface area contributed by atoms with Crippen molar-refractivity contribution in [3.8, 4) is 0 Å². The molecule has 2 aliphatic heterocycles. The Morgan fingerprint density at radius 3 is 2.63 bits per heavy atom. The third-order valence-corrected chi connectivity index (χ3v) is 8.58. The highest BCUT2D eigenvalue weighted by Crippen LogP contribution is 2.38. The van der Waals surface area contributed by atoms with Gasteiger partial charge in [-0.05, 0) is 68.5 Å². The second kappa shape index (κ2) is 8.64. The number of nitrogens with one attached hydrogen (secondary N) is 1. The average Bonchev–Trinajstić information content (AvgIpc) is 3.39. The first-order chi connectivity index (χ1) is 16.7. The molecule has 1 fully saturated rings. The number of benzene rings is 1. The molecule has 1 amide bonds. The Hall–Kier alpha value is -3.46. The number of carbonyl (C=O) groups is 1. The lowest BCUT2D eigenvalue weighted by atomic mass is 9.90. The van der Waals surface area contributed by atoms with Gasteiger partial charge < -0.3 is 9.80 Å². The number of amides is 1. The quantitative estimate of drug-likeness (QED) is 0.578. The Labute approximate surface area is 206 Å². The van der Waals surface area contributed by atoms with E-state index in [2.05, 4.69) is 46.4 Å². The van der Waals surface area contributed by atoms with Crippen LogP contribution in [0.4, 0.5) is 17.3 Å². The molecule has 1 unspecified atom stereocenters. The van der Waals surface area contributed by atoms with Crippen molar-refractivity contribution in [2.24, 2.45) is 5.92 Å². The molecule has 182 valence electrons. The SMILES string of the molecule is CC1CCN(c2ncccc2C(=O)NS(=O)(=O)c2cccc(N3CCc4ccccc43)n2)C1(C)C. The van der Waals surface area contributed by atoms with Crippen LogP contribution < -0.4 is 14.5 Å². The number of rotatable bonds is 5. The molecule has 1 atom stereocenters. The lowest BCUT2D eigenvalue weighted by Crippen LogP contribution is -2.43. The summed E-state index contributed by atoms with van der Waals surface area (Å²) >= 11 is 0. The van der Waals surface area contributed by atoms with E-state index in [0.29, 0.717) is 24.1 Å². The number of fused-ring (bicyclic) bond motifs is 1. The van der Waals surface area contributed by atoms with Gasteiger partial charge in [0.05, 0.1) is 5.56 Å². The number of para-hydroxylation sites is 1. The van der Waals surface area contributed by atoms with E-state index in [1.807, 2.05) is 23.1 Å². The molecular formula is C26H29N5O3S. The van der Waals surface area contributed by atoms with E-state index in [0.717, 1.165) is 25.1 Å². The van der Waals surface area contributed by atoms with E-state index in [1.54, 1.807) is 30.5 Å². The summed E-state index contributed by atoms with van der Waals surface area (Å²) in [7, 11) is -4.20. The molecule has 0 radical (unpaired) electrons. The number of nitrogens with zero attached hydrogens (tertiary/aromatic N) is 4. The van der Waals surface area contributed by atoms with Gasteiger partial charge in [-0.2, -0.15) is 8.42 Å². The molecule has 0 spiro atoms. The number of pyridine rings is 2. The maximum atomic E-state index is 13.2. The van der Waals surface area contributed by atoms with Crippen LogP contribution in [0.15, 0.2) is 65.8 Å². The van der Waals surface area contributed by atoms with Gasteiger partial charge in [-0.25, -0.2) is 14.7 Å². The Bertz CT molecular complexity index is 1390. The fourth-order valence-electron chi connectivity index (χ4n) is 4.91. The second-order valence-electron chi connectivity index (χ2n) is 9.67. The standard InChI is InChI=1S/C26H29N5O3S/c1-18-13-17-31(26(18,2)3)24-20(9-7-15-27-24)25(32)29-35(33,34)23-12-6-11-22(28-23)30-16-14-19-8-4-5-10-21(19)30/h4-12,15,18H,13-14,16-17H2,1-3H3,(H,29,32). The van der Waals surface area contributed by atoms with Gasteiger partial charge in [0.25, 0.3) is 15.9 Å². The van der Waals surface area contributed by atoms with E-state index >= 15 is 0 Å². The number of anilines is 3. The van der Waals surface area contributed by atoms with Gasteiger partial charge in [-0.15, -0.1) is 0 Å². The first-order valence-corrected chi connectivity index (χ1v) is 13.3. The number of carbonyl (C=O) groups excluding carboxylic acids is 1. The number of sulfonamides is 1. The topological polar surface area (TPSA) is 95.5 Å². The van der Waals surface area contributed by atoms with Gasteiger partial charge in [-0.3, -0.25) is 4.79 Å². The predicted molar refractivity (Wildman–Crippen MR) is 135 cm³/mol. The van der Waals surface area contributed by atoms with Crippen molar-refractivity contribution in [2.75, 3.05) is 22.9 Å². The molecule has 0 bridgehead atoms. The highest BCUT2D eigenvalue weighted by molar-refractivity contribution is 7.90. The molecule has 35 heavy (non-hydrogen) atoms. The van der Waals surface area contributed by atoms with Crippen LogP contribution in [0.2, 0.25) is 0 Å². The minimum Gasteiger partial charge on any atom is -0.351 e. The molecule has 2 aliphatic rings. The van der Waals surface area contributed by atoms with Crippen LogP contribution in [0.25, 0.3) is 0 Å². The summed E-state index contributed by atoms with van der Waals surface area (Å²) < 4.78 is 28.6. The summed E-state index contributed by atoms with van der Waals surface area (Å²) in [5.74, 6) is 0.707. The maximum absolute atomic E-state index is 13.2. The van der Waals surface area contributed by atoms with Crippen molar-refractivity contribution in [2.45, 2.75) is 44.2 Å². The summed E-state index contributed by atoms with van der Waals surface area (Å²) in [4.78, 5) is 26.1. The van der Waals surface area contributed by atoms with Crippen molar-refractivity contribution in [1.29, 1.82) is 0 Å². The molecule has 3 aromatic rings. The van der Waals surface area contributed by atoms with Crippen molar-refractivity contribution in [1.82, 2.24) is 14.7 Å². The third-order valence-electron chi connectivity index (χ3n) is 7.35. The molecule has 1 aromatic carbocycles. The lowest BCUT2D eigenvalue weighted by Gasteiger charge is -2.36. The Morgan fingerprint density at radius 1 is 1.06 bits per heavy atom. The van der Waals surface area contributed by atoms with Crippen molar-refractivity contribution in [3.05, 3.63) is 71.9 Å². The summed E-state index contributed by atoms with van der Waals surface area (Å²) in [6.07, 6.45) is 3.46. The fourth-order valence-corrected chi connectivity index (χ4v) is 5.84. The Kier molecular flexibility index (Phi) is 5.75. The molecule has 4 heterocycles. The van der Waals surface area contributed by atoms with Crippen LogP contribution in [-0.4, -0.2) is 42.9 Å². The third kappa shape index (κ3) is 4.14. The number of hydrogen-bond acceptors (Lipinski definition) is 7. The molecular weight excluding hydrogens is 462 g/mol. The first kappa shape index (κ1) is 23.3. The molecule has 2 aromatic heterocycles. The fraction of sp³-hybridized carbons (Fsp3) is 0.346. The molecule has 9 heteroatoms. The van der Waals surface area contributed by atoms with Crippen LogP contribution in [-0.2, 0) is 16.4 Å². The zero-order chi connectivity index (χ0) is 24.8. The summed E-state index contributed by atoms with van der Waals surface area (Å²) in [5, 5.41) is -0.201. The van der Waals surface area contributed by atoms with Gasteiger partial charge in [-0.1, -0.05) is 31.2 Å². The van der Waals surface area contributed by atoms with Gasteiger partial charge in [0, 0.05) is 30.5 Å². The van der Waals surface area contributed by atoms with Crippen LogP contribution in [0.5, 0.6) is 0 Å². The van der Waals surface area contributed by atoms with Gasteiger partial charge in [0.1, 0.15) is 11.6 Å². The van der Waals surface area contributed by atoms with E-state index in [1.165, 1.54) is 11.6 Å². The lowest BCUT2D eigenvalue weighted by molar-refractivity contribution is 0.0981. The highest BCUT2D eigenvalue weighted by atomic mass is 32.2. The van der Waals surface area contributed by atoms with E-state index in [9.17, 15) is 13.2 Å². The highest BCUT2D eigenvalue weighted by Gasteiger charge is 2.40. The summed E-state index contributed by atoms with van der Waals surface area (Å²) in [6, 6.07) is 16.1. The minimum absolute atomic E-state index is 0.201. The van der Waals surface area contributed by atoms with Gasteiger partial charge in [0.15, 0.2) is 5.03 Å². The Balaban J connectivity index is 1.42. The van der Waals surface area contributed by atoms with Crippen LogP contribution in [0.3, 0.4) is 0 Å². The first-order valence-electron chi connectivity index (χ1n) is 11.8. The molecule has 0 aliphatic carbocycles. The smallest absolute Gasteiger partial charge is 0.281 e. The molecule has 5 rings (SSSR count). The Morgan fingerprint density at radius 2 is 1.86 bits per heavy atom. The molecule has 0 saturated carbocycles. The summed E-state index contributed by atoms with van der Waals surface area (Å²) in [6.45, 7) is 7.86. The van der Waals surface area contributed by atoms with Crippen molar-refractivity contribution >= 4 is 33.3 Å². The van der Waals surface area contributed by atoms with Gasteiger partial charge >= 0.3 is 0 Å². The van der Waals surface area contributed by atoms with Crippen LogP contribution >= 0.6 is 0 Å². The molecule has 1 saturated heterocycles. The maximum Gasteiger partial charge on any atom is 0.281 e. The molecule has 8 nitrogen and oxygen atoms in total. The van der Waals surface area contributed by atoms with E-state index < -0.39 is 15.9 Å². The minimum atomic E-state index is -4.20. The zero-order valence-electron chi connectivity index (χ0n) is 20.1. The number of hydrogen-bond donors (Lipinski definition) is 1. The molecule has 1 N–H and O–H groups in total. The monoisotopic (exact) mass is 491 g/mol. The normalized spacial score (nSPS) is 19.0. The van der Waals surface area contributed by atoms with Gasteiger partial charge in [0.2, 0.25) is 0 Å². The zero-order valence-corrected chi connectivity index (χ0v) is 20.9. The van der Waals surface area contributed by atoms with E-state index in [-0.39, 0.29) is 16.1 Å². The van der Waals surface area contributed by atoms with Crippen LogP contribution in [0, 0.1) is 5.92 Å². The second-order valence-corrected chi connectivity index (χ2v) is 11.3. The van der Waals surface area contributed by atoms with Crippen molar-refractivity contribution < 1.29 is 13.2 Å². The van der Waals surface area contributed by atoms with Crippen molar-refractivity contribution in [3.63, 3.8) is 0 Å². The summed E-state index contributed by atoms with van der Waals surface area (Å²) in [5.41, 5.74) is 2.23.